The maximum Gasteiger partial charge on any atom is 0.200 e. The fourth-order valence-electron chi connectivity index (χ4n) is 1.26. The van der Waals surface area contributed by atoms with Gasteiger partial charge in [-0.3, -0.25) is 0 Å². The van der Waals surface area contributed by atoms with Gasteiger partial charge in [-0.15, -0.1) is 0 Å². The molecule has 0 aliphatic rings. The van der Waals surface area contributed by atoms with Crippen LogP contribution in [0.3, 0.4) is 0 Å². The molecule has 1 heterocycles. The number of aromatic nitrogens is 2. The highest BCUT2D eigenvalue weighted by molar-refractivity contribution is 9.08. The van der Waals surface area contributed by atoms with Gasteiger partial charge in [0.2, 0.25) is 5.95 Å². The molecule has 0 atom stereocenters. The van der Waals surface area contributed by atoms with Crippen LogP contribution in [-0.2, 0) is 5.33 Å². The Morgan fingerprint density at radius 3 is 3.08 bits per heavy atom. The fourth-order valence-corrected chi connectivity index (χ4v) is 1.61. The number of imidazole rings is 1. The van der Waals surface area contributed by atoms with Crippen molar-refractivity contribution >= 4 is 32.9 Å². The van der Waals surface area contributed by atoms with E-state index in [1.807, 2.05) is 13.1 Å². The van der Waals surface area contributed by atoms with Gasteiger partial charge < -0.3 is 10.3 Å². The van der Waals surface area contributed by atoms with Crippen molar-refractivity contribution in [3.05, 3.63) is 23.8 Å². The molecule has 0 fully saturated rings. The van der Waals surface area contributed by atoms with Gasteiger partial charge in [0.1, 0.15) is 0 Å². The Hall–Kier alpha value is -1.03. The van der Waals surface area contributed by atoms with E-state index < -0.39 is 0 Å². The molecule has 0 unspecified atom stereocenters. The van der Waals surface area contributed by atoms with Crippen LogP contribution < -0.4 is 5.32 Å². The number of hydrogen-bond acceptors (Lipinski definition) is 2. The Balaban J connectivity index is 2.57. The molecule has 13 heavy (non-hydrogen) atoms. The molecule has 0 amide bonds. The van der Waals surface area contributed by atoms with Crippen molar-refractivity contribution < 1.29 is 0 Å². The number of benzene rings is 1. The zero-order valence-corrected chi connectivity index (χ0v) is 8.85. The lowest BCUT2D eigenvalue weighted by Crippen LogP contribution is -1.88. The quantitative estimate of drug-likeness (QED) is 0.792. The maximum atomic E-state index is 4.32. The van der Waals surface area contributed by atoms with Crippen molar-refractivity contribution in [2.75, 3.05) is 12.4 Å². The minimum Gasteiger partial charge on any atom is -0.359 e. The summed E-state index contributed by atoms with van der Waals surface area (Å²) in [4.78, 5) is 7.50. The van der Waals surface area contributed by atoms with E-state index in [9.17, 15) is 0 Å². The highest BCUT2D eigenvalue weighted by atomic mass is 79.9. The summed E-state index contributed by atoms with van der Waals surface area (Å²) in [6.45, 7) is 0. The van der Waals surface area contributed by atoms with Crippen LogP contribution in [0.2, 0.25) is 0 Å². The van der Waals surface area contributed by atoms with Crippen molar-refractivity contribution in [2.24, 2.45) is 0 Å². The summed E-state index contributed by atoms with van der Waals surface area (Å²) in [5.41, 5.74) is 3.31. The van der Waals surface area contributed by atoms with Crippen LogP contribution in [0.5, 0.6) is 0 Å². The molecule has 1 aromatic carbocycles. The number of fused-ring (bicyclic) bond motifs is 1. The van der Waals surface area contributed by atoms with Crippen LogP contribution in [-0.4, -0.2) is 17.0 Å². The van der Waals surface area contributed by atoms with Gasteiger partial charge in [0.25, 0.3) is 0 Å². The highest BCUT2D eigenvalue weighted by Crippen LogP contribution is 2.17. The lowest BCUT2D eigenvalue weighted by atomic mass is 10.2. The number of halogens is 1. The van der Waals surface area contributed by atoms with Crippen molar-refractivity contribution in [3.8, 4) is 0 Å². The standard InChI is InChI=1S/C9H10BrN3/c1-11-9-12-7-3-2-6(5-10)4-8(7)13-9/h2-4H,5H2,1H3,(H2,11,12,13). The minimum absolute atomic E-state index is 0.807. The van der Waals surface area contributed by atoms with Crippen molar-refractivity contribution in [2.45, 2.75) is 5.33 Å². The predicted molar refractivity (Wildman–Crippen MR) is 58.3 cm³/mol. The number of rotatable bonds is 2. The van der Waals surface area contributed by atoms with E-state index in [-0.39, 0.29) is 0 Å². The first-order valence-electron chi connectivity index (χ1n) is 4.06. The lowest BCUT2D eigenvalue weighted by Gasteiger charge is -1.92. The molecule has 68 valence electrons. The van der Waals surface area contributed by atoms with E-state index in [2.05, 4.69) is 43.3 Å². The molecule has 2 aromatic rings. The van der Waals surface area contributed by atoms with Crippen LogP contribution in [0.15, 0.2) is 18.2 Å². The Morgan fingerprint density at radius 2 is 2.38 bits per heavy atom. The summed E-state index contributed by atoms with van der Waals surface area (Å²) in [5.74, 6) is 0.807. The van der Waals surface area contributed by atoms with Gasteiger partial charge in [-0.05, 0) is 17.7 Å². The fraction of sp³-hybridized carbons (Fsp3) is 0.222. The Kier molecular flexibility index (Phi) is 2.22. The van der Waals surface area contributed by atoms with Crippen LogP contribution in [0.1, 0.15) is 5.56 Å². The topological polar surface area (TPSA) is 40.7 Å². The Morgan fingerprint density at radius 1 is 1.54 bits per heavy atom. The first-order valence-corrected chi connectivity index (χ1v) is 5.18. The van der Waals surface area contributed by atoms with Crippen molar-refractivity contribution in [1.82, 2.24) is 9.97 Å². The van der Waals surface area contributed by atoms with Crippen LogP contribution >= 0.6 is 15.9 Å². The van der Waals surface area contributed by atoms with E-state index in [4.69, 9.17) is 0 Å². The minimum atomic E-state index is 0.807. The first-order chi connectivity index (χ1) is 6.33. The van der Waals surface area contributed by atoms with E-state index >= 15 is 0 Å². The van der Waals surface area contributed by atoms with E-state index in [1.165, 1.54) is 5.56 Å². The summed E-state index contributed by atoms with van der Waals surface area (Å²) in [6.07, 6.45) is 0. The van der Waals surface area contributed by atoms with Crippen molar-refractivity contribution in [3.63, 3.8) is 0 Å². The third kappa shape index (κ3) is 1.54. The molecule has 1 aromatic heterocycles. The maximum absolute atomic E-state index is 4.32. The molecule has 0 spiro atoms. The molecule has 3 nitrogen and oxygen atoms in total. The number of nitrogens with zero attached hydrogens (tertiary/aromatic N) is 1. The molecule has 0 saturated heterocycles. The van der Waals surface area contributed by atoms with Gasteiger partial charge in [0, 0.05) is 12.4 Å². The normalized spacial score (nSPS) is 10.6. The van der Waals surface area contributed by atoms with Gasteiger partial charge in [-0.2, -0.15) is 0 Å². The number of nitrogens with one attached hydrogen (secondary N) is 2. The second-order valence-electron chi connectivity index (χ2n) is 2.82. The van der Waals surface area contributed by atoms with Crippen LogP contribution in [0.25, 0.3) is 11.0 Å². The van der Waals surface area contributed by atoms with E-state index in [1.54, 1.807) is 0 Å². The molecule has 4 heteroatoms. The van der Waals surface area contributed by atoms with Gasteiger partial charge >= 0.3 is 0 Å². The molecule has 0 aliphatic heterocycles. The molecule has 2 rings (SSSR count). The number of H-pyrrole nitrogens is 1. The van der Waals surface area contributed by atoms with Gasteiger partial charge in [0.05, 0.1) is 11.0 Å². The second-order valence-corrected chi connectivity index (χ2v) is 3.38. The average Bonchev–Trinajstić information content (AvgIpc) is 2.58. The van der Waals surface area contributed by atoms with E-state index in [0.29, 0.717) is 0 Å². The summed E-state index contributed by atoms with van der Waals surface area (Å²) in [7, 11) is 1.85. The molecule has 2 N–H and O–H groups in total. The van der Waals surface area contributed by atoms with Crippen LogP contribution in [0, 0.1) is 0 Å². The molecule has 0 aliphatic carbocycles. The largest absolute Gasteiger partial charge is 0.359 e. The third-order valence-electron chi connectivity index (χ3n) is 1.94. The predicted octanol–water partition coefficient (Wildman–Crippen LogP) is 2.50. The third-order valence-corrected chi connectivity index (χ3v) is 2.58. The summed E-state index contributed by atoms with van der Waals surface area (Å²) < 4.78 is 0. The highest BCUT2D eigenvalue weighted by Gasteiger charge is 2.00. The smallest absolute Gasteiger partial charge is 0.200 e. The summed E-state index contributed by atoms with van der Waals surface area (Å²) >= 11 is 3.42. The molecular formula is C9H10BrN3. The van der Waals surface area contributed by atoms with Gasteiger partial charge in [-0.1, -0.05) is 22.0 Å². The molecule has 0 radical (unpaired) electrons. The lowest BCUT2D eigenvalue weighted by molar-refractivity contribution is 1.28. The van der Waals surface area contributed by atoms with Crippen LogP contribution in [0.4, 0.5) is 5.95 Å². The zero-order valence-electron chi connectivity index (χ0n) is 7.26. The number of anilines is 1. The monoisotopic (exact) mass is 239 g/mol. The second kappa shape index (κ2) is 3.38. The SMILES string of the molecule is CNc1nc2ccc(CBr)cc2[nH]1. The average molecular weight is 240 g/mol. The molecular weight excluding hydrogens is 230 g/mol. The van der Waals surface area contributed by atoms with E-state index in [0.717, 1.165) is 22.3 Å². The number of aromatic amines is 1. The summed E-state index contributed by atoms with van der Waals surface area (Å²) in [6, 6.07) is 6.18. The van der Waals surface area contributed by atoms with Gasteiger partial charge in [0.15, 0.2) is 0 Å². The van der Waals surface area contributed by atoms with Gasteiger partial charge in [-0.25, -0.2) is 4.98 Å². The Labute approximate surface area is 84.7 Å². The summed E-state index contributed by atoms with van der Waals surface area (Å²) in [5, 5.41) is 3.85. The number of alkyl halides is 1. The number of hydrogen-bond donors (Lipinski definition) is 2. The Bertz CT molecular complexity index is 420. The van der Waals surface area contributed by atoms with Crippen molar-refractivity contribution in [1.29, 1.82) is 0 Å². The first kappa shape index (κ1) is 8.56. The molecule has 0 bridgehead atoms. The molecule has 0 saturated carbocycles. The zero-order chi connectivity index (χ0) is 9.26.